The number of hydrogen-bond acceptors (Lipinski definition) is 2. The highest BCUT2D eigenvalue weighted by Crippen LogP contribution is 2.54. The molecule has 0 bridgehead atoms. The highest BCUT2D eigenvalue weighted by molar-refractivity contribution is 5.79. The first-order valence-electron chi connectivity index (χ1n) is 6.80. The van der Waals surface area contributed by atoms with E-state index in [0.29, 0.717) is 5.92 Å². The molecule has 3 saturated carbocycles. The summed E-state index contributed by atoms with van der Waals surface area (Å²) in [7, 11) is 0. The number of fused-ring (bicyclic) bond motifs is 1. The van der Waals surface area contributed by atoms with Gasteiger partial charge in [0.2, 0.25) is 5.91 Å². The molecule has 3 aliphatic carbocycles. The fourth-order valence-corrected chi connectivity index (χ4v) is 3.57. The maximum Gasteiger partial charge on any atom is 0.223 e. The van der Waals surface area contributed by atoms with Crippen molar-refractivity contribution in [1.82, 2.24) is 5.32 Å². The van der Waals surface area contributed by atoms with Gasteiger partial charge in [-0.3, -0.25) is 4.79 Å². The summed E-state index contributed by atoms with van der Waals surface area (Å²) in [5.41, 5.74) is 6.05. The Balaban J connectivity index is 1.51. The Hall–Kier alpha value is -0.570. The lowest BCUT2D eigenvalue weighted by molar-refractivity contribution is -0.126. The summed E-state index contributed by atoms with van der Waals surface area (Å²) in [6.07, 6.45) is 8.24. The molecule has 3 rings (SSSR count). The number of carbonyl (C=O) groups excluding carboxylic acids is 1. The van der Waals surface area contributed by atoms with Crippen LogP contribution in [-0.2, 0) is 4.79 Å². The quantitative estimate of drug-likeness (QED) is 0.742. The lowest BCUT2D eigenvalue weighted by Gasteiger charge is -2.30. The Labute approximate surface area is 97.2 Å². The van der Waals surface area contributed by atoms with E-state index in [9.17, 15) is 4.79 Å². The van der Waals surface area contributed by atoms with Gasteiger partial charge in [-0.15, -0.1) is 0 Å². The van der Waals surface area contributed by atoms with Gasteiger partial charge in [-0.2, -0.15) is 0 Å². The number of nitrogens with one attached hydrogen (secondary N) is 1. The van der Waals surface area contributed by atoms with Crippen LogP contribution in [0.2, 0.25) is 0 Å². The van der Waals surface area contributed by atoms with Gasteiger partial charge in [0.1, 0.15) is 0 Å². The molecule has 3 fully saturated rings. The summed E-state index contributed by atoms with van der Waals surface area (Å²) >= 11 is 0. The van der Waals surface area contributed by atoms with Crippen molar-refractivity contribution in [3.05, 3.63) is 0 Å². The molecule has 3 heteroatoms. The topological polar surface area (TPSA) is 55.1 Å². The molecule has 0 heterocycles. The minimum absolute atomic E-state index is 0.189. The van der Waals surface area contributed by atoms with Gasteiger partial charge < -0.3 is 11.1 Å². The lowest BCUT2D eigenvalue weighted by atomic mass is 9.90. The van der Waals surface area contributed by atoms with E-state index < -0.39 is 0 Å². The SMILES string of the molecule is N[C@@H]1CCCC[C@H]1NC(=O)C1CC2CC2C1. The summed E-state index contributed by atoms with van der Waals surface area (Å²) in [4.78, 5) is 12.1. The smallest absolute Gasteiger partial charge is 0.223 e. The average molecular weight is 222 g/mol. The summed E-state index contributed by atoms with van der Waals surface area (Å²) in [6, 6.07) is 0.437. The molecular formula is C13H22N2O. The molecule has 0 aromatic carbocycles. The highest BCUT2D eigenvalue weighted by Gasteiger charge is 2.48. The van der Waals surface area contributed by atoms with Gasteiger partial charge in [0.15, 0.2) is 0 Å². The second-order valence-electron chi connectivity index (χ2n) is 5.99. The van der Waals surface area contributed by atoms with Gasteiger partial charge >= 0.3 is 0 Å². The predicted octanol–water partition coefficient (Wildman–Crippen LogP) is 1.42. The van der Waals surface area contributed by atoms with Crippen molar-refractivity contribution >= 4 is 5.91 Å². The van der Waals surface area contributed by atoms with Crippen LogP contribution in [0.3, 0.4) is 0 Å². The largest absolute Gasteiger partial charge is 0.352 e. The van der Waals surface area contributed by atoms with Crippen LogP contribution in [0.15, 0.2) is 0 Å². The van der Waals surface area contributed by atoms with E-state index in [1.165, 1.54) is 19.3 Å². The molecule has 3 N–H and O–H groups in total. The predicted molar refractivity (Wildman–Crippen MR) is 62.7 cm³/mol. The molecule has 2 unspecified atom stereocenters. The molecule has 16 heavy (non-hydrogen) atoms. The summed E-state index contributed by atoms with van der Waals surface area (Å²) in [6.45, 7) is 0. The van der Waals surface area contributed by atoms with Gasteiger partial charge in [0.05, 0.1) is 0 Å². The number of rotatable bonds is 2. The van der Waals surface area contributed by atoms with Crippen LogP contribution in [0.4, 0.5) is 0 Å². The van der Waals surface area contributed by atoms with Crippen LogP contribution in [0, 0.1) is 17.8 Å². The van der Waals surface area contributed by atoms with Crippen LogP contribution in [-0.4, -0.2) is 18.0 Å². The lowest BCUT2D eigenvalue weighted by Crippen LogP contribution is -2.50. The van der Waals surface area contributed by atoms with Crippen LogP contribution in [0.25, 0.3) is 0 Å². The van der Waals surface area contributed by atoms with Crippen molar-refractivity contribution in [2.75, 3.05) is 0 Å². The third-order valence-electron chi connectivity index (χ3n) is 4.76. The molecule has 90 valence electrons. The van der Waals surface area contributed by atoms with Crippen LogP contribution >= 0.6 is 0 Å². The first-order valence-corrected chi connectivity index (χ1v) is 6.80. The molecule has 1 amide bonds. The fraction of sp³-hybridized carbons (Fsp3) is 0.923. The third-order valence-corrected chi connectivity index (χ3v) is 4.76. The van der Waals surface area contributed by atoms with Gasteiger partial charge in [-0.25, -0.2) is 0 Å². The van der Waals surface area contributed by atoms with E-state index in [0.717, 1.165) is 37.5 Å². The van der Waals surface area contributed by atoms with Crippen molar-refractivity contribution in [3.8, 4) is 0 Å². The Kier molecular flexibility index (Phi) is 2.66. The van der Waals surface area contributed by atoms with Crippen molar-refractivity contribution in [1.29, 1.82) is 0 Å². The highest BCUT2D eigenvalue weighted by atomic mass is 16.2. The van der Waals surface area contributed by atoms with Crippen LogP contribution in [0.5, 0.6) is 0 Å². The molecule has 0 spiro atoms. The summed E-state index contributed by atoms with van der Waals surface area (Å²) in [5, 5.41) is 3.19. The van der Waals surface area contributed by atoms with Gasteiger partial charge in [0.25, 0.3) is 0 Å². The number of nitrogens with two attached hydrogens (primary N) is 1. The van der Waals surface area contributed by atoms with Crippen molar-refractivity contribution in [2.45, 2.75) is 57.0 Å². The minimum atomic E-state index is 0.189. The first kappa shape index (κ1) is 10.6. The Morgan fingerprint density at radius 2 is 1.75 bits per heavy atom. The van der Waals surface area contributed by atoms with Gasteiger partial charge in [-0.1, -0.05) is 12.8 Å². The zero-order chi connectivity index (χ0) is 11.1. The van der Waals surface area contributed by atoms with Crippen molar-refractivity contribution in [3.63, 3.8) is 0 Å². The molecule has 4 atom stereocenters. The average Bonchev–Trinajstić information content (AvgIpc) is 2.89. The molecule has 3 aliphatic rings. The molecule has 0 radical (unpaired) electrons. The first-order chi connectivity index (χ1) is 7.74. The third kappa shape index (κ3) is 1.97. The molecule has 0 aromatic heterocycles. The standard InChI is InChI=1S/C13H22N2O/c14-11-3-1-2-4-12(11)15-13(16)10-6-8-5-9(8)7-10/h8-12H,1-7,14H2,(H,15,16)/t8?,9?,10?,11-,12-/m1/s1. The Morgan fingerprint density at radius 3 is 2.44 bits per heavy atom. The summed E-state index contributed by atoms with van der Waals surface area (Å²) < 4.78 is 0. The monoisotopic (exact) mass is 222 g/mol. The second kappa shape index (κ2) is 4.02. The van der Waals surface area contributed by atoms with Gasteiger partial charge in [0, 0.05) is 18.0 Å². The van der Waals surface area contributed by atoms with E-state index >= 15 is 0 Å². The Morgan fingerprint density at radius 1 is 1.06 bits per heavy atom. The molecular weight excluding hydrogens is 200 g/mol. The maximum atomic E-state index is 12.1. The van der Waals surface area contributed by atoms with E-state index in [1.807, 2.05) is 0 Å². The molecule has 0 aromatic rings. The number of carbonyl (C=O) groups is 1. The van der Waals surface area contributed by atoms with Crippen LogP contribution < -0.4 is 11.1 Å². The van der Waals surface area contributed by atoms with Crippen molar-refractivity contribution in [2.24, 2.45) is 23.5 Å². The number of hydrogen-bond donors (Lipinski definition) is 2. The minimum Gasteiger partial charge on any atom is -0.352 e. The normalized spacial score (nSPS) is 46.2. The zero-order valence-corrected chi connectivity index (χ0v) is 9.82. The van der Waals surface area contributed by atoms with E-state index in [4.69, 9.17) is 5.73 Å². The van der Waals surface area contributed by atoms with E-state index in [2.05, 4.69) is 5.32 Å². The van der Waals surface area contributed by atoms with Gasteiger partial charge in [-0.05, 0) is 43.9 Å². The zero-order valence-electron chi connectivity index (χ0n) is 9.82. The van der Waals surface area contributed by atoms with E-state index in [-0.39, 0.29) is 18.0 Å². The molecule has 0 saturated heterocycles. The maximum absolute atomic E-state index is 12.1. The second-order valence-corrected chi connectivity index (χ2v) is 5.99. The summed E-state index contributed by atoms with van der Waals surface area (Å²) in [5.74, 6) is 2.36. The molecule has 0 aliphatic heterocycles. The van der Waals surface area contributed by atoms with Crippen molar-refractivity contribution < 1.29 is 4.79 Å². The van der Waals surface area contributed by atoms with E-state index in [1.54, 1.807) is 0 Å². The molecule has 3 nitrogen and oxygen atoms in total. The van der Waals surface area contributed by atoms with Crippen LogP contribution in [0.1, 0.15) is 44.9 Å². The Bertz CT molecular complexity index is 282. The number of amides is 1. The fourth-order valence-electron chi connectivity index (χ4n) is 3.57.